The molecule has 1 heterocycles. The van der Waals surface area contributed by atoms with Gasteiger partial charge in [-0.1, -0.05) is 12.2 Å². The molecule has 0 aromatic heterocycles. The predicted molar refractivity (Wildman–Crippen MR) is 95.8 cm³/mol. The number of nitrogens with zero attached hydrogens (tertiary/aromatic N) is 1. The van der Waals surface area contributed by atoms with E-state index in [1.165, 1.54) is 11.8 Å². The van der Waals surface area contributed by atoms with Gasteiger partial charge in [0, 0.05) is 32.9 Å². The van der Waals surface area contributed by atoms with E-state index in [1.807, 2.05) is 12.2 Å². The van der Waals surface area contributed by atoms with Crippen LogP contribution in [0.2, 0.25) is 0 Å². The lowest BCUT2D eigenvalue weighted by Gasteiger charge is -2.25. The molecule has 0 aromatic rings. The molecule has 2 aliphatic rings. The van der Waals surface area contributed by atoms with Crippen molar-refractivity contribution >= 4 is 23.9 Å². The van der Waals surface area contributed by atoms with Crippen LogP contribution in [-0.2, 0) is 19.1 Å². The van der Waals surface area contributed by atoms with Crippen molar-refractivity contribution in [3.63, 3.8) is 0 Å². The van der Waals surface area contributed by atoms with Crippen LogP contribution in [0, 0.1) is 5.92 Å². The molecule has 3 N–H and O–H groups in total. The van der Waals surface area contributed by atoms with Crippen LogP contribution in [0.1, 0.15) is 39.0 Å². The number of ether oxygens (including phenoxy) is 1. The first-order valence-electron chi connectivity index (χ1n) is 9.13. The lowest BCUT2D eigenvalue weighted by atomic mass is 10.1. The summed E-state index contributed by atoms with van der Waals surface area (Å²) in [6, 6.07) is -1.43. The summed E-state index contributed by atoms with van der Waals surface area (Å²) in [5.41, 5.74) is -1.34. The Morgan fingerprint density at radius 3 is 2.78 bits per heavy atom. The van der Waals surface area contributed by atoms with Gasteiger partial charge >= 0.3 is 18.0 Å². The quantitative estimate of drug-likeness (QED) is 0.485. The molecule has 0 saturated heterocycles. The van der Waals surface area contributed by atoms with Gasteiger partial charge < -0.3 is 25.4 Å². The third-order valence-corrected chi connectivity index (χ3v) is 4.90. The van der Waals surface area contributed by atoms with Gasteiger partial charge in [0.25, 0.3) is 0 Å². The Morgan fingerprint density at radius 1 is 1.37 bits per heavy atom. The molecule has 0 bridgehead atoms. The molecule has 2 rings (SSSR count). The van der Waals surface area contributed by atoms with E-state index in [2.05, 4.69) is 10.6 Å². The number of hydrogen-bond acceptors (Lipinski definition) is 5. The largest absolute Gasteiger partial charge is 0.479 e. The second-order valence-electron chi connectivity index (χ2n) is 7.05. The molecule has 1 saturated carbocycles. The minimum absolute atomic E-state index is 0.0547. The van der Waals surface area contributed by atoms with E-state index in [-0.39, 0.29) is 18.9 Å². The van der Waals surface area contributed by atoms with Crippen molar-refractivity contribution < 1.29 is 29.0 Å². The van der Waals surface area contributed by atoms with Crippen LogP contribution >= 0.6 is 0 Å². The number of fused-ring (bicyclic) bond motifs is 1. The Labute approximate surface area is 158 Å². The summed E-state index contributed by atoms with van der Waals surface area (Å²) in [6.45, 7) is 1.74. The minimum Gasteiger partial charge on any atom is -0.479 e. The van der Waals surface area contributed by atoms with Crippen molar-refractivity contribution in [3.05, 3.63) is 12.2 Å². The molecular formula is C18H27N3O6. The van der Waals surface area contributed by atoms with Gasteiger partial charge in [-0.2, -0.15) is 0 Å². The Bertz CT molecular complexity index is 635. The molecular weight excluding hydrogens is 354 g/mol. The Morgan fingerprint density at radius 2 is 2.11 bits per heavy atom. The van der Waals surface area contributed by atoms with Gasteiger partial charge in [0.15, 0.2) is 0 Å². The topological polar surface area (TPSA) is 125 Å². The monoisotopic (exact) mass is 381 g/mol. The number of urea groups is 1. The Balaban J connectivity index is 2.16. The number of amides is 3. The van der Waals surface area contributed by atoms with Crippen molar-refractivity contribution in [2.75, 3.05) is 20.2 Å². The van der Waals surface area contributed by atoms with E-state index >= 15 is 0 Å². The summed E-state index contributed by atoms with van der Waals surface area (Å²) in [7, 11) is 1.63. The zero-order valence-corrected chi connectivity index (χ0v) is 15.7. The standard InChI is InChI=1S/C18H27N3O6/c1-12(22)27-10-8-14-15(23)20-18(16(24)25)11-13(18)7-5-3-4-6-9-21(2)17(26)19-14/h5,7,13-14H,3-4,6,8-11H2,1-2H3,(H,19,26)(H,20,23)(H,24,25)/b7-5-/t13-,14-,18+/m0/s1. The van der Waals surface area contributed by atoms with E-state index in [9.17, 15) is 24.3 Å². The highest BCUT2D eigenvalue weighted by Crippen LogP contribution is 2.45. The molecule has 3 atom stereocenters. The molecule has 1 aliphatic carbocycles. The highest BCUT2D eigenvalue weighted by molar-refractivity contribution is 5.94. The van der Waals surface area contributed by atoms with Crippen LogP contribution in [0.4, 0.5) is 4.79 Å². The first-order valence-corrected chi connectivity index (χ1v) is 9.13. The number of carbonyl (C=O) groups is 4. The minimum atomic E-state index is -1.34. The van der Waals surface area contributed by atoms with Gasteiger partial charge in [-0.15, -0.1) is 0 Å². The van der Waals surface area contributed by atoms with Gasteiger partial charge in [0.1, 0.15) is 11.6 Å². The molecule has 9 nitrogen and oxygen atoms in total. The van der Waals surface area contributed by atoms with E-state index in [0.29, 0.717) is 13.0 Å². The SMILES string of the molecule is CC(=O)OCC[C@@H]1NC(=O)N(C)CCCC/C=C\[C@H]2C[C@@]2(C(=O)O)NC1=O. The number of aliphatic carboxylic acids is 1. The van der Waals surface area contributed by atoms with Crippen LogP contribution in [-0.4, -0.2) is 65.7 Å². The fourth-order valence-electron chi connectivity index (χ4n) is 3.09. The summed E-state index contributed by atoms with van der Waals surface area (Å²) >= 11 is 0. The lowest BCUT2D eigenvalue weighted by molar-refractivity contribution is -0.144. The summed E-state index contributed by atoms with van der Waals surface area (Å²) in [4.78, 5) is 49.2. The number of allylic oxidation sites excluding steroid dienone is 1. The highest BCUT2D eigenvalue weighted by atomic mass is 16.5. The third-order valence-electron chi connectivity index (χ3n) is 4.90. The van der Waals surface area contributed by atoms with E-state index in [0.717, 1.165) is 19.3 Å². The van der Waals surface area contributed by atoms with Gasteiger partial charge in [0.05, 0.1) is 6.61 Å². The van der Waals surface area contributed by atoms with Gasteiger partial charge in [-0.05, 0) is 25.7 Å². The fraction of sp³-hybridized carbons (Fsp3) is 0.667. The molecule has 27 heavy (non-hydrogen) atoms. The molecule has 9 heteroatoms. The molecule has 1 aliphatic heterocycles. The first kappa shape index (κ1) is 20.7. The molecule has 3 amide bonds. The second-order valence-corrected chi connectivity index (χ2v) is 7.05. The van der Waals surface area contributed by atoms with Gasteiger partial charge in [-0.3, -0.25) is 9.59 Å². The van der Waals surface area contributed by atoms with E-state index in [4.69, 9.17) is 4.74 Å². The maximum atomic E-state index is 12.7. The third kappa shape index (κ3) is 5.45. The number of nitrogens with one attached hydrogen (secondary N) is 2. The average Bonchev–Trinajstić information content (AvgIpc) is 3.29. The van der Waals surface area contributed by atoms with Crippen LogP contribution in [0.5, 0.6) is 0 Å². The zero-order chi connectivity index (χ0) is 20.0. The Hall–Kier alpha value is -2.58. The summed E-state index contributed by atoms with van der Waals surface area (Å²) in [5, 5.41) is 14.8. The summed E-state index contributed by atoms with van der Waals surface area (Å²) in [5.74, 6) is -2.46. The summed E-state index contributed by atoms with van der Waals surface area (Å²) in [6.07, 6.45) is 6.62. The summed E-state index contributed by atoms with van der Waals surface area (Å²) < 4.78 is 4.86. The number of rotatable bonds is 4. The van der Waals surface area contributed by atoms with Crippen molar-refractivity contribution in [2.24, 2.45) is 5.92 Å². The van der Waals surface area contributed by atoms with Crippen LogP contribution in [0.3, 0.4) is 0 Å². The van der Waals surface area contributed by atoms with Crippen molar-refractivity contribution in [2.45, 2.75) is 50.6 Å². The highest BCUT2D eigenvalue weighted by Gasteiger charge is 2.60. The molecule has 0 unspecified atom stereocenters. The van der Waals surface area contributed by atoms with E-state index in [1.54, 1.807) is 7.05 Å². The number of carboxylic acids is 1. The maximum absolute atomic E-state index is 12.7. The molecule has 150 valence electrons. The molecule has 0 spiro atoms. The fourth-order valence-corrected chi connectivity index (χ4v) is 3.09. The maximum Gasteiger partial charge on any atom is 0.330 e. The van der Waals surface area contributed by atoms with Gasteiger partial charge in [0.2, 0.25) is 5.91 Å². The van der Waals surface area contributed by atoms with Crippen molar-refractivity contribution in [1.29, 1.82) is 0 Å². The number of esters is 1. The van der Waals surface area contributed by atoms with Crippen LogP contribution < -0.4 is 10.6 Å². The first-order chi connectivity index (χ1) is 12.8. The van der Waals surface area contributed by atoms with Crippen molar-refractivity contribution in [3.8, 4) is 0 Å². The average molecular weight is 381 g/mol. The molecule has 1 fully saturated rings. The number of hydrogen-bond donors (Lipinski definition) is 3. The van der Waals surface area contributed by atoms with E-state index < -0.39 is 35.5 Å². The zero-order valence-electron chi connectivity index (χ0n) is 15.7. The normalized spacial score (nSPS) is 30.2. The van der Waals surface area contributed by atoms with Gasteiger partial charge in [-0.25, -0.2) is 9.59 Å². The van der Waals surface area contributed by atoms with Crippen LogP contribution in [0.15, 0.2) is 12.2 Å². The predicted octanol–water partition coefficient (Wildman–Crippen LogP) is 0.649. The Kier molecular flexibility index (Phi) is 6.81. The number of carbonyl (C=O) groups excluding carboxylic acids is 3. The molecule has 0 radical (unpaired) electrons. The smallest absolute Gasteiger partial charge is 0.330 e. The molecule has 0 aromatic carbocycles. The van der Waals surface area contributed by atoms with Crippen molar-refractivity contribution in [1.82, 2.24) is 15.5 Å². The van der Waals surface area contributed by atoms with Crippen LogP contribution in [0.25, 0.3) is 0 Å². The second kappa shape index (κ2) is 8.88. The number of carboxylic acid groups (broad SMARTS) is 1. The lowest BCUT2D eigenvalue weighted by Crippen LogP contribution is -2.55.